The molecule has 4 aromatic rings. The molecule has 0 aliphatic carbocycles. The number of rotatable bonds is 5. The van der Waals surface area contributed by atoms with Gasteiger partial charge in [0.05, 0.1) is 22.5 Å². The third-order valence-electron chi connectivity index (χ3n) is 7.33. The number of alkyl halides is 3. The van der Waals surface area contributed by atoms with E-state index in [1.165, 1.54) is 24.3 Å². The van der Waals surface area contributed by atoms with Crippen LogP contribution in [0.3, 0.4) is 0 Å². The van der Waals surface area contributed by atoms with Gasteiger partial charge in [-0.2, -0.15) is 0 Å². The summed E-state index contributed by atoms with van der Waals surface area (Å²) in [5.74, 6) is -0.0104. The Hall–Kier alpha value is -4.46. The van der Waals surface area contributed by atoms with Crippen LogP contribution in [0.1, 0.15) is 40.9 Å². The molecule has 8 heteroatoms. The Labute approximate surface area is 224 Å². The van der Waals surface area contributed by atoms with Gasteiger partial charge in [-0.3, -0.25) is 4.90 Å². The predicted octanol–water partition coefficient (Wildman–Crippen LogP) is 7.76. The molecule has 2 aliphatic rings. The summed E-state index contributed by atoms with van der Waals surface area (Å²) in [4.78, 5) is 15.5. The third-order valence-corrected chi connectivity index (χ3v) is 7.33. The second-order valence-electron chi connectivity index (χ2n) is 9.36. The van der Waals surface area contributed by atoms with Crippen LogP contribution in [0.15, 0.2) is 91.0 Å². The normalized spacial score (nSPS) is 17.1. The Morgan fingerprint density at radius 2 is 1.41 bits per heavy atom. The fraction of sp³-hybridized carbons (Fsp3) is 0.194. The summed E-state index contributed by atoms with van der Waals surface area (Å²) in [6.45, 7) is 5.20. The number of nitrogens with zero attached hydrogens (tertiary/aromatic N) is 2. The van der Waals surface area contributed by atoms with E-state index in [-0.39, 0.29) is 22.7 Å². The molecule has 2 aliphatic heterocycles. The molecule has 5 nitrogen and oxygen atoms in total. The van der Waals surface area contributed by atoms with Gasteiger partial charge in [-0.15, -0.1) is 13.2 Å². The Morgan fingerprint density at radius 1 is 0.769 bits per heavy atom. The van der Waals surface area contributed by atoms with Gasteiger partial charge >= 0.3 is 12.3 Å². The number of ether oxygens (including phenoxy) is 2. The molecule has 0 bridgehead atoms. The summed E-state index contributed by atoms with van der Waals surface area (Å²) in [7, 11) is 0. The first kappa shape index (κ1) is 24.9. The van der Waals surface area contributed by atoms with Gasteiger partial charge in [0, 0.05) is 29.9 Å². The molecule has 0 saturated heterocycles. The van der Waals surface area contributed by atoms with Crippen molar-refractivity contribution < 1.29 is 27.4 Å². The number of carbonyl (C=O) groups is 1. The molecule has 0 fully saturated rings. The van der Waals surface area contributed by atoms with E-state index in [1.807, 2.05) is 18.7 Å². The van der Waals surface area contributed by atoms with Gasteiger partial charge in [0.2, 0.25) is 0 Å². The number of hydrogen-bond acceptors (Lipinski definition) is 5. The zero-order valence-corrected chi connectivity index (χ0v) is 21.3. The number of esters is 1. The van der Waals surface area contributed by atoms with E-state index in [2.05, 4.69) is 0 Å². The SMILES string of the molecule is CCN(CC)c1cccc(N(c2cccc3c2C2(OC(=O)c4ccccc42)c2ccccc2O3)C(F)(F)F)c1. The van der Waals surface area contributed by atoms with Gasteiger partial charge in [0.15, 0.2) is 5.60 Å². The summed E-state index contributed by atoms with van der Waals surface area (Å²) in [5.41, 5.74) is 0.146. The van der Waals surface area contributed by atoms with Gasteiger partial charge < -0.3 is 14.4 Å². The first-order valence-electron chi connectivity index (χ1n) is 12.7. The summed E-state index contributed by atoms with van der Waals surface area (Å²) < 4.78 is 57.5. The fourth-order valence-corrected chi connectivity index (χ4v) is 5.69. The molecule has 0 saturated carbocycles. The largest absolute Gasteiger partial charge is 0.489 e. The number of carbonyl (C=O) groups excluding carboxylic acids is 1. The highest BCUT2D eigenvalue weighted by Crippen LogP contribution is 2.59. The van der Waals surface area contributed by atoms with Gasteiger partial charge in [0.1, 0.15) is 11.5 Å². The lowest BCUT2D eigenvalue weighted by Crippen LogP contribution is -2.39. The highest BCUT2D eigenvalue weighted by atomic mass is 19.4. The standard InChI is InChI=1S/C31H25F3N2O3/c1-3-35(4-2)20-11-9-12-21(19-20)36(31(32,33)34)25-16-10-18-27-28(25)30(24-15-7-8-17-26(24)38-27)23-14-6-5-13-22(23)29(37)39-30/h5-19H,3-4H2,1-2H3. The average Bonchev–Trinajstić information content (AvgIpc) is 3.22. The van der Waals surface area contributed by atoms with E-state index in [0.29, 0.717) is 46.1 Å². The summed E-state index contributed by atoms with van der Waals surface area (Å²) >= 11 is 0. The van der Waals surface area contributed by atoms with E-state index < -0.39 is 17.9 Å². The molecule has 0 radical (unpaired) electrons. The Bertz CT molecular complexity index is 1580. The van der Waals surface area contributed by atoms with Crippen LogP contribution < -0.4 is 14.5 Å². The third kappa shape index (κ3) is 3.73. The molecule has 198 valence electrons. The molecule has 1 unspecified atom stereocenters. The fourth-order valence-electron chi connectivity index (χ4n) is 5.69. The molecular weight excluding hydrogens is 505 g/mol. The topological polar surface area (TPSA) is 42.0 Å². The van der Waals surface area contributed by atoms with Gasteiger partial charge in [-0.05, 0) is 56.3 Å². The van der Waals surface area contributed by atoms with Crippen LogP contribution in [0.2, 0.25) is 0 Å². The number of hydrogen-bond donors (Lipinski definition) is 0. The van der Waals surface area contributed by atoms with Crippen molar-refractivity contribution in [2.75, 3.05) is 22.9 Å². The van der Waals surface area contributed by atoms with Crippen molar-refractivity contribution in [3.63, 3.8) is 0 Å². The minimum Gasteiger partial charge on any atom is -0.456 e. The number of fused-ring (bicyclic) bond motifs is 6. The van der Waals surface area contributed by atoms with Crippen LogP contribution in [0.25, 0.3) is 0 Å². The lowest BCUT2D eigenvalue weighted by molar-refractivity contribution is -0.121. The zero-order chi connectivity index (χ0) is 27.4. The summed E-state index contributed by atoms with van der Waals surface area (Å²) in [6.07, 6.45) is -4.81. The summed E-state index contributed by atoms with van der Waals surface area (Å²) in [5, 5.41) is 0. The number of anilines is 3. The van der Waals surface area contributed by atoms with Crippen molar-refractivity contribution in [1.82, 2.24) is 0 Å². The molecule has 39 heavy (non-hydrogen) atoms. The van der Waals surface area contributed by atoms with Gasteiger partial charge in [0.25, 0.3) is 0 Å². The van der Waals surface area contributed by atoms with Crippen LogP contribution in [0.5, 0.6) is 11.5 Å². The lowest BCUT2D eigenvalue weighted by Gasteiger charge is -2.40. The molecule has 1 atom stereocenters. The van der Waals surface area contributed by atoms with Crippen LogP contribution in [0, 0.1) is 0 Å². The second kappa shape index (κ2) is 9.08. The van der Waals surface area contributed by atoms with Gasteiger partial charge in [-0.25, -0.2) is 4.79 Å². The molecule has 0 amide bonds. The molecule has 0 N–H and O–H groups in total. The van der Waals surface area contributed by atoms with Gasteiger partial charge in [-0.1, -0.05) is 48.5 Å². The maximum Gasteiger partial charge on any atom is 0.489 e. The number of benzene rings is 4. The molecule has 4 aromatic carbocycles. The van der Waals surface area contributed by atoms with E-state index >= 15 is 13.2 Å². The highest BCUT2D eigenvalue weighted by Gasteiger charge is 2.56. The van der Waals surface area contributed by atoms with E-state index in [9.17, 15) is 4.79 Å². The van der Waals surface area contributed by atoms with Crippen molar-refractivity contribution in [1.29, 1.82) is 0 Å². The Kier molecular flexibility index (Phi) is 5.79. The first-order valence-corrected chi connectivity index (χ1v) is 12.7. The quantitative estimate of drug-likeness (QED) is 0.195. The van der Waals surface area contributed by atoms with Crippen LogP contribution in [-0.2, 0) is 10.3 Å². The summed E-state index contributed by atoms with van der Waals surface area (Å²) in [6, 6.07) is 24.6. The molecule has 0 aromatic heterocycles. The maximum absolute atomic E-state index is 15.1. The van der Waals surface area contributed by atoms with Crippen LogP contribution in [0.4, 0.5) is 30.2 Å². The monoisotopic (exact) mass is 530 g/mol. The molecule has 1 spiro atoms. The first-order chi connectivity index (χ1) is 18.8. The maximum atomic E-state index is 15.1. The van der Waals surface area contributed by atoms with Crippen LogP contribution in [-0.4, -0.2) is 25.4 Å². The molecule has 2 heterocycles. The molecular formula is C31H25F3N2O3. The highest BCUT2D eigenvalue weighted by molar-refractivity contribution is 5.97. The van der Waals surface area contributed by atoms with Crippen molar-refractivity contribution in [3.05, 3.63) is 113 Å². The predicted molar refractivity (Wildman–Crippen MR) is 143 cm³/mol. The molecule has 6 rings (SSSR count). The Morgan fingerprint density at radius 3 is 2.15 bits per heavy atom. The van der Waals surface area contributed by atoms with E-state index in [1.54, 1.807) is 66.7 Å². The van der Waals surface area contributed by atoms with Crippen molar-refractivity contribution >= 4 is 23.0 Å². The van der Waals surface area contributed by atoms with Crippen molar-refractivity contribution in [2.24, 2.45) is 0 Å². The number of halogens is 3. The van der Waals surface area contributed by atoms with Crippen LogP contribution >= 0.6 is 0 Å². The lowest BCUT2D eigenvalue weighted by atomic mass is 9.76. The average molecular weight is 531 g/mol. The minimum atomic E-state index is -4.81. The smallest absolute Gasteiger partial charge is 0.456 e. The Balaban J connectivity index is 1.66. The van der Waals surface area contributed by atoms with Crippen molar-refractivity contribution in [3.8, 4) is 11.5 Å². The van der Waals surface area contributed by atoms with E-state index in [0.717, 1.165) is 0 Å². The second-order valence-corrected chi connectivity index (χ2v) is 9.36. The minimum absolute atomic E-state index is 0.0630. The van der Waals surface area contributed by atoms with E-state index in [4.69, 9.17) is 9.47 Å². The number of para-hydroxylation sites is 1. The van der Waals surface area contributed by atoms with Crippen molar-refractivity contribution in [2.45, 2.75) is 25.7 Å². The zero-order valence-electron chi connectivity index (χ0n) is 21.3.